The van der Waals surface area contributed by atoms with Crippen LogP contribution in [0.1, 0.15) is 17.6 Å². The minimum atomic E-state index is 0.770. The Labute approximate surface area is 171 Å². The molecule has 8 nitrogen and oxygen atoms in total. The maximum absolute atomic E-state index is 4.81. The molecule has 1 fully saturated rings. The Kier molecular flexibility index (Phi) is 7.55. The van der Waals surface area contributed by atoms with E-state index in [2.05, 4.69) is 54.3 Å². The summed E-state index contributed by atoms with van der Waals surface area (Å²) in [5.74, 6) is 1.76. The maximum Gasteiger partial charge on any atom is 0.225 e. The predicted octanol–water partition coefficient (Wildman–Crippen LogP) is 1.46. The number of nitrogens with one attached hydrogen (secondary N) is 1. The molecule has 9 heteroatoms. The van der Waals surface area contributed by atoms with Crippen molar-refractivity contribution >= 4 is 23.2 Å². The van der Waals surface area contributed by atoms with Gasteiger partial charge in [0.15, 0.2) is 5.96 Å². The number of nitrogens with zero attached hydrogens (tertiary/aromatic N) is 7. The van der Waals surface area contributed by atoms with Gasteiger partial charge in [0.05, 0.1) is 23.8 Å². The second-order valence-electron chi connectivity index (χ2n) is 6.83. The van der Waals surface area contributed by atoms with Crippen molar-refractivity contribution in [3.8, 4) is 0 Å². The van der Waals surface area contributed by atoms with Crippen LogP contribution in [0, 0.1) is 6.92 Å². The van der Waals surface area contributed by atoms with Crippen LogP contribution in [0.2, 0.25) is 0 Å². The summed E-state index contributed by atoms with van der Waals surface area (Å²) in [7, 11) is 2.06. The molecule has 0 amide bonds. The van der Waals surface area contributed by atoms with Crippen molar-refractivity contribution in [2.45, 2.75) is 20.4 Å². The van der Waals surface area contributed by atoms with E-state index in [-0.39, 0.29) is 0 Å². The zero-order valence-corrected chi connectivity index (χ0v) is 17.8. The number of aryl methyl sites for hydroxylation is 1. The fraction of sp³-hybridized carbons (Fsp3) is 0.579. The molecule has 0 unspecified atom stereocenters. The van der Waals surface area contributed by atoms with E-state index in [0.29, 0.717) is 0 Å². The Morgan fingerprint density at radius 1 is 1.25 bits per heavy atom. The number of aromatic nitrogens is 3. The summed E-state index contributed by atoms with van der Waals surface area (Å²) in [6.07, 6.45) is 3.60. The van der Waals surface area contributed by atoms with Crippen LogP contribution in [0.15, 0.2) is 28.8 Å². The van der Waals surface area contributed by atoms with E-state index < -0.39 is 0 Å². The highest BCUT2D eigenvalue weighted by Crippen LogP contribution is 2.11. The summed E-state index contributed by atoms with van der Waals surface area (Å²) < 4.78 is 0. The first-order valence-electron chi connectivity index (χ1n) is 9.80. The third kappa shape index (κ3) is 5.87. The number of hydrogen-bond acceptors (Lipinski definition) is 7. The quantitative estimate of drug-likeness (QED) is 0.555. The second-order valence-corrected chi connectivity index (χ2v) is 7.89. The smallest absolute Gasteiger partial charge is 0.225 e. The molecule has 152 valence electrons. The summed E-state index contributed by atoms with van der Waals surface area (Å²) in [5, 5.41) is 6.60. The van der Waals surface area contributed by atoms with Crippen molar-refractivity contribution in [2.24, 2.45) is 4.99 Å². The molecule has 2 aromatic heterocycles. The summed E-state index contributed by atoms with van der Waals surface area (Å²) in [6.45, 7) is 11.4. The molecule has 0 saturated carbocycles. The molecular formula is C19H30N8S. The fourth-order valence-corrected chi connectivity index (χ4v) is 3.80. The van der Waals surface area contributed by atoms with Crippen LogP contribution >= 0.6 is 11.3 Å². The minimum Gasteiger partial charge on any atom is -0.357 e. The number of aliphatic imine (C=N–C) groups is 1. The highest BCUT2D eigenvalue weighted by molar-refractivity contribution is 7.09. The van der Waals surface area contributed by atoms with Gasteiger partial charge in [-0.15, -0.1) is 11.3 Å². The Hall–Kier alpha value is -2.26. The number of anilines is 1. The van der Waals surface area contributed by atoms with Gasteiger partial charge in [0.25, 0.3) is 0 Å². The third-order valence-corrected chi connectivity index (χ3v) is 5.47. The van der Waals surface area contributed by atoms with Gasteiger partial charge in [-0.3, -0.25) is 9.89 Å². The lowest BCUT2D eigenvalue weighted by Gasteiger charge is -2.34. The molecule has 1 saturated heterocycles. The number of hydrogen-bond donors (Lipinski definition) is 1. The second kappa shape index (κ2) is 10.3. The van der Waals surface area contributed by atoms with Crippen molar-refractivity contribution in [1.29, 1.82) is 0 Å². The molecule has 3 rings (SSSR count). The van der Waals surface area contributed by atoms with Crippen LogP contribution in [-0.4, -0.2) is 83.6 Å². The van der Waals surface area contributed by atoms with Gasteiger partial charge in [-0.2, -0.15) is 0 Å². The maximum atomic E-state index is 4.81. The first-order chi connectivity index (χ1) is 13.7. The fourth-order valence-electron chi connectivity index (χ4n) is 3.19. The average molecular weight is 403 g/mol. The molecule has 0 aromatic carbocycles. The normalized spacial score (nSPS) is 15.7. The van der Waals surface area contributed by atoms with Gasteiger partial charge in [0.1, 0.15) is 0 Å². The number of rotatable bonds is 7. The average Bonchev–Trinajstić information content (AvgIpc) is 3.13. The molecule has 0 atom stereocenters. The van der Waals surface area contributed by atoms with Gasteiger partial charge in [-0.25, -0.2) is 15.0 Å². The van der Waals surface area contributed by atoms with Crippen molar-refractivity contribution < 1.29 is 0 Å². The van der Waals surface area contributed by atoms with Gasteiger partial charge in [0, 0.05) is 64.1 Å². The summed E-state index contributed by atoms with van der Waals surface area (Å²) >= 11 is 1.69. The Balaban J connectivity index is 1.46. The van der Waals surface area contributed by atoms with Crippen molar-refractivity contribution in [2.75, 3.05) is 57.8 Å². The molecule has 1 aliphatic heterocycles. The molecule has 1 N–H and O–H groups in total. The lowest BCUT2D eigenvalue weighted by atomic mass is 10.3. The van der Waals surface area contributed by atoms with Crippen LogP contribution in [0.3, 0.4) is 0 Å². The predicted molar refractivity (Wildman–Crippen MR) is 115 cm³/mol. The number of thiazole rings is 1. The van der Waals surface area contributed by atoms with Crippen LogP contribution in [0.4, 0.5) is 5.95 Å². The minimum absolute atomic E-state index is 0.770. The molecule has 0 radical (unpaired) electrons. The Morgan fingerprint density at radius 3 is 2.64 bits per heavy atom. The molecule has 28 heavy (non-hydrogen) atoms. The van der Waals surface area contributed by atoms with Gasteiger partial charge >= 0.3 is 0 Å². The zero-order chi connectivity index (χ0) is 19.8. The highest BCUT2D eigenvalue weighted by Gasteiger charge is 2.18. The largest absolute Gasteiger partial charge is 0.357 e. The van der Waals surface area contributed by atoms with Gasteiger partial charge < -0.3 is 15.1 Å². The van der Waals surface area contributed by atoms with Gasteiger partial charge in [-0.1, -0.05) is 0 Å². The van der Waals surface area contributed by atoms with Gasteiger partial charge in [-0.05, 0) is 19.9 Å². The number of guanidine groups is 1. The SMILES string of the molecule is CCNC(=NCCN1CCN(c2ncccn2)CC1)N(C)Cc1csc(C)n1. The van der Waals surface area contributed by atoms with Crippen molar-refractivity contribution in [3.63, 3.8) is 0 Å². The standard InChI is InChI=1S/C19H30N8S/c1-4-20-18(25(3)14-17-15-28-16(2)24-17)23-8-9-26-10-12-27(13-11-26)19-21-6-5-7-22-19/h5-7,15H,4,8-14H2,1-3H3,(H,20,23). The molecule has 0 spiro atoms. The first-order valence-corrected chi connectivity index (χ1v) is 10.7. The van der Waals surface area contributed by atoms with E-state index >= 15 is 0 Å². The lowest BCUT2D eigenvalue weighted by molar-refractivity contribution is 0.263. The van der Waals surface area contributed by atoms with E-state index in [9.17, 15) is 0 Å². The zero-order valence-electron chi connectivity index (χ0n) is 17.0. The molecule has 2 aromatic rings. The van der Waals surface area contributed by atoms with E-state index in [1.165, 1.54) is 0 Å². The lowest BCUT2D eigenvalue weighted by Crippen LogP contribution is -2.47. The topological polar surface area (TPSA) is 72.8 Å². The van der Waals surface area contributed by atoms with E-state index in [0.717, 1.165) is 75.0 Å². The van der Waals surface area contributed by atoms with Crippen LogP contribution in [0.25, 0.3) is 0 Å². The molecule has 3 heterocycles. The molecular weight excluding hydrogens is 372 g/mol. The molecule has 1 aliphatic rings. The van der Waals surface area contributed by atoms with Crippen LogP contribution < -0.4 is 10.2 Å². The van der Waals surface area contributed by atoms with E-state index in [1.807, 2.05) is 13.0 Å². The van der Waals surface area contributed by atoms with E-state index in [4.69, 9.17) is 4.99 Å². The molecule has 0 aliphatic carbocycles. The first kappa shape index (κ1) is 20.5. The molecule has 0 bridgehead atoms. The summed E-state index contributed by atoms with van der Waals surface area (Å²) in [6, 6.07) is 1.85. The van der Waals surface area contributed by atoms with Crippen molar-refractivity contribution in [1.82, 2.24) is 30.1 Å². The summed E-state index contributed by atoms with van der Waals surface area (Å²) in [4.78, 5) is 24.9. The van der Waals surface area contributed by atoms with Crippen molar-refractivity contribution in [3.05, 3.63) is 34.5 Å². The Morgan fingerprint density at radius 2 is 2.00 bits per heavy atom. The van der Waals surface area contributed by atoms with E-state index in [1.54, 1.807) is 23.7 Å². The van der Waals surface area contributed by atoms with Gasteiger partial charge in [0.2, 0.25) is 5.95 Å². The number of piperazine rings is 1. The van der Waals surface area contributed by atoms with Crippen LogP contribution in [0.5, 0.6) is 0 Å². The Bertz CT molecular complexity index is 739. The third-order valence-electron chi connectivity index (χ3n) is 4.65. The monoisotopic (exact) mass is 402 g/mol. The van der Waals surface area contributed by atoms with Crippen LogP contribution in [-0.2, 0) is 6.54 Å². The summed E-state index contributed by atoms with van der Waals surface area (Å²) in [5.41, 5.74) is 1.09. The highest BCUT2D eigenvalue weighted by atomic mass is 32.1.